The second-order valence-electron chi connectivity index (χ2n) is 7.26. The normalized spacial score (nSPS) is 31.1. The number of guanidine groups is 1. The van der Waals surface area contributed by atoms with Gasteiger partial charge in [-0.25, -0.2) is 4.99 Å². The lowest BCUT2D eigenvalue weighted by Crippen LogP contribution is -2.69. The van der Waals surface area contributed by atoms with Crippen LogP contribution in [0.3, 0.4) is 0 Å². The lowest BCUT2D eigenvalue weighted by molar-refractivity contribution is -0.176. The third kappa shape index (κ3) is 3.22. The molecule has 3 unspecified atom stereocenters. The molecule has 0 spiro atoms. The minimum atomic E-state index is -0.115. The maximum atomic E-state index is 6.18. The first-order valence-corrected chi connectivity index (χ1v) is 8.24. The van der Waals surface area contributed by atoms with Crippen LogP contribution in [0.25, 0.3) is 0 Å². The zero-order valence-corrected chi connectivity index (χ0v) is 17.2. The fourth-order valence-corrected chi connectivity index (χ4v) is 3.56. The van der Waals surface area contributed by atoms with E-state index in [0.717, 1.165) is 24.2 Å². The molecule has 2 aliphatic rings. The molecular formula is C18H28IN3O2. The Kier molecular flexibility index (Phi) is 5.69. The van der Waals surface area contributed by atoms with E-state index in [0.29, 0.717) is 12.6 Å². The van der Waals surface area contributed by atoms with Crippen molar-refractivity contribution in [3.63, 3.8) is 0 Å². The van der Waals surface area contributed by atoms with Crippen molar-refractivity contribution < 1.29 is 9.47 Å². The zero-order chi connectivity index (χ0) is 16.7. The van der Waals surface area contributed by atoms with Crippen molar-refractivity contribution >= 4 is 29.9 Å². The minimum absolute atomic E-state index is 0. The first-order valence-electron chi connectivity index (χ1n) is 8.24. The number of rotatable bonds is 3. The van der Waals surface area contributed by atoms with Crippen LogP contribution in [0.5, 0.6) is 5.75 Å². The maximum absolute atomic E-state index is 6.18. The second kappa shape index (κ2) is 7.07. The summed E-state index contributed by atoms with van der Waals surface area (Å²) in [5.41, 5.74) is 7.18. The van der Waals surface area contributed by atoms with E-state index in [1.54, 1.807) is 7.11 Å². The van der Waals surface area contributed by atoms with Gasteiger partial charge in [0.25, 0.3) is 0 Å². The first-order chi connectivity index (χ1) is 10.9. The van der Waals surface area contributed by atoms with Crippen molar-refractivity contribution in [2.24, 2.45) is 16.1 Å². The molecule has 0 saturated heterocycles. The largest absolute Gasteiger partial charge is 0.493 e. The van der Waals surface area contributed by atoms with Gasteiger partial charge in [0.2, 0.25) is 0 Å². The van der Waals surface area contributed by atoms with Crippen LogP contribution in [-0.4, -0.2) is 31.3 Å². The van der Waals surface area contributed by atoms with Gasteiger partial charge in [0, 0.05) is 30.6 Å². The molecule has 3 rings (SSSR count). The number of benzene rings is 1. The molecule has 0 bridgehead atoms. The molecule has 134 valence electrons. The molecule has 1 aromatic carbocycles. The van der Waals surface area contributed by atoms with E-state index in [2.05, 4.69) is 32.2 Å². The van der Waals surface area contributed by atoms with Crippen molar-refractivity contribution in [1.82, 2.24) is 5.32 Å². The maximum Gasteiger partial charge on any atom is 0.189 e. The van der Waals surface area contributed by atoms with Gasteiger partial charge in [0.15, 0.2) is 5.96 Å². The Morgan fingerprint density at radius 1 is 1.33 bits per heavy atom. The van der Waals surface area contributed by atoms with Gasteiger partial charge < -0.3 is 20.5 Å². The predicted molar refractivity (Wildman–Crippen MR) is 107 cm³/mol. The Morgan fingerprint density at radius 3 is 2.71 bits per heavy atom. The van der Waals surface area contributed by atoms with Crippen LogP contribution in [0.2, 0.25) is 0 Å². The molecule has 0 aromatic heterocycles. The Hall–Kier alpha value is -1.02. The Labute approximate surface area is 161 Å². The smallest absolute Gasteiger partial charge is 0.189 e. The molecule has 24 heavy (non-hydrogen) atoms. The number of fused-ring (bicyclic) bond motifs is 1. The standard InChI is InChI=1S/C18H27N3O2.HI/c1-17(2)15(11-18(17,3)22-4)21-16(19)20-13-9-10-23-14-8-6-5-7-12(13)14;/h5-8,13,15H,9-11H2,1-4H3,(H3,19,20,21);1H. The van der Waals surface area contributed by atoms with Crippen LogP contribution in [0.1, 0.15) is 45.2 Å². The lowest BCUT2D eigenvalue weighted by Gasteiger charge is -2.59. The van der Waals surface area contributed by atoms with Crippen LogP contribution in [0.4, 0.5) is 0 Å². The monoisotopic (exact) mass is 445 g/mol. The molecular weight excluding hydrogens is 417 g/mol. The molecule has 1 aliphatic carbocycles. The Morgan fingerprint density at radius 2 is 2.04 bits per heavy atom. The van der Waals surface area contributed by atoms with E-state index in [4.69, 9.17) is 20.2 Å². The molecule has 0 radical (unpaired) electrons. The van der Waals surface area contributed by atoms with E-state index >= 15 is 0 Å². The van der Waals surface area contributed by atoms with Crippen molar-refractivity contribution in [3.05, 3.63) is 29.8 Å². The summed E-state index contributed by atoms with van der Waals surface area (Å²) in [6.07, 6.45) is 1.78. The van der Waals surface area contributed by atoms with E-state index < -0.39 is 0 Å². The number of hydrogen-bond donors (Lipinski definition) is 2. The Balaban J connectivity index is 0.00000208. The minimum Gasteiger partial charge on any atom is -0.493 e. The third-order valence-corrected chi connectivity index (χ3v) is 5.82. The quantitative estimate of drug-likeness (QED) is 0.426. The van der Waals surface area contributed by atoms with Gasteiger partial charge in [0.05, 0.1) is 18.2 Å². The average Bonchev–Trinajstić information content (AvgIpc) is 2.54. The SMILES string of the molecule is COC1(C)CC(NC(N)=NC2CCOc3ccccc32)C1(C)C.I. The summed E-state index contributed by atoms with van der Waals surface area (Å²) < 4.78 is 11.3. The highest BCUT2D eigenvalue weighted by atomic mass is 127. The van der Waals surface area contributed by atoms with Crippen LogP contribution >= 0.6 is 24.0 Å². The summed E-state index contributed by atoms with van der Waals surface area (Å²) in [6, 6.07) is 8.37. The average molecular weight is 445 g/mol. The van der Waals surface area contributed by atoms with Gasteiger partial charge in [-0.15, -0.1) is 24.0 Å². The van der Waals surface area contributed by atoms with E-state index in [1.165, 1.54) is 0 Å². The van der Waals surface area contributed by atoms with E-state index in [9.17, 15) is 0 Å². The van der Waals surface area contributed by atoms with Gasteiger partial charge in [-0.1, -0.05) is 32.0 Å². The number of ether oxygens (including phenoxy) is 2. The highest BCUT2D eigenvalue weighted by Crippen LogP contribution is 2.51. The van der Waals surface area contributed by atoms with Gasteiger partial charge >= 0.3 is 0 Å². The highest BCUT2D eigenvalue weighted by Gasteiger charge is 2.57. The molecule has 3 N–H and O–H groups in total. The van der Waals surface area contributed by atoms with Gasteiger partial charge in [-0.05, 0) is 19.4 Å². The molecule has 1 saturated carbocycles. The van der Waals surface area contributed by atoms with Gasteiger partial charge in [-0.3, -0.25) is 0 Å². The first kappa shape index (κ1) is 19.3. The predicted octanol–water partition coefficient (Wildman–Crippen LogP) is 3.24. The Bertz CT molecular complexity index is 620. The topological polar surface area (TPSA) is 68.9 Å². The molecule has 0 amide bonds. The fourth-order valence-electron chi connectivity index (χ4n) is 3.56. The van der Waals surface area contributed by atoms with Crippen molar-refractivity contribution in [2.75, 3.05) is 13.7 Å². The number of methoxy groups -OCH3 is 1. The molecule has 5 nitrogen and oxygen atoms in total. The molecule has 6 heteroatoms. The number of nitrogens with one attached hydrogen (secondary N) is 1. The molecule has 1 fully saturated rings. The lowest BCUT2D eigenvalue weighted by atomic mass is 9.56. The molecule has 1 aliphatic heterocycles. The third-order valence-electron chi connectivity index (χ3n) is 5.82. The summed E-state index contributed by atoms with van der Waals surface area (Å²) in [6.45, 7) is 7.23. The summed E-state index contributed by atoms with van der Waals surface area (Å²) in [7, 11) is 1.77. The number of hydrogen-bond acceptors (Lipinski definition) is 3. The van der Waals surface area contributed by atoms with Crippen LogP contribution in [0.15, 0.2) is 29.3 Å². The summed E-state index contributed by atoms with van der Waals surface area (Å²) >= 11 is 0. The van der Waals surface area contributed by atoms with Gasteiger partial charge in [0.1, 0.15) is 5.75 Å². The van der Waals surface area contributed by atoms with Crippen molar-refractivity contribution in [3.8, 4) is 5.75 Å². The van der Waals surface area contributed by atoms with Crippen molar-refractivity contribution in [1.29, 1.82) is 0 Å². The number of halogens is 1. The summed E-state index contributed by atoms with van der Waals surface area (Å²) in [4.78, 5) is 4.70. The second-order valence-corrected chi connectivity index (χ2v) is 7.26. The number of nitrogens with two attached hydrogens (primary N) is 1. The number of nitrogens with zero attached hydrogens (tertiary/aromatic N) is 1. The van der Waals surface area contributed by atoms with Crippen LogP contribution < -0.4 is 15.8 Å². The molecule has 1 heterocycles. The van der Waals surface area contributed by atoms with Crippen LogP contribution in [0, 0.1) is 5.41 Å². The zero-order valence-electron chi connectivity index (χ0n) is 14.8. The van der Waals surface area contributed by atoms with E-state index in [1.807, 2.05) is 18.2 Å². The molecule has 3 atom stereocenters. The van der Waals surface area contributed by atoms with Crippen molar-refractivity contribution in [2.45, 2.75) is 51.3 Å². The van der Waals surface area contributed by atoms with E-state index in [-0.39, 0.29) is 47.1 Å². The number of aliphatic imine (C=N–C) groups is 1. The van der Waals surface area contributed by atoms with Crippen LogP contribution in [-0.2, 0) is 4.74 Å². The highest BCUT2D eigenvalue weighted by molar-refractivity contribution is 14.0. The fraction of sp³-hybridized carbons (Fsp3) is 0.611. The molecule has 1 aromatic rings. The number of para-hydroxylation sites is 1. The summed E-state index contributed by atoms with van der Waals surface area (Å²) in [5.74, 6) is 1.42. The van der Waals surface area contributed by atoms with Gasteiger partial charge in [-0.2, -0.15) is 0 Å². The summed E-state index contributed by atoms with van der Waals surface area (Å²) in [5, 5.41) is 3.38.